The molecule has 1 aliphatic rings. The summed E-state index contributed by atoms with van der Waals surface area (Å²) in [6.07, 6.45) is 4.68. The Labute approximate surface area is 208 Å². The number of ketones is 1. The molecule has 2 aromatic carbocycles. The van der Waals surface area contributed by atoms with Crippen LogP contribution in [0, 0.1) is 6.92 Å². The predicted molar refractivity (Wildman–Crippen MR) is 133 cm³/mol. The average molecular weight is 481 g/mol. The van der Waals surface area contributed by atoms with Crippen molar-refractivity contribution in [3.05, 3.63) is 125 Å². The van der Waals surface area contributed by atoms with E-state index in [1.807, 2.05) is 31.2 Å². The lowest BCUT2D eigenvalue weighted by Crippen LogP contribution is -2.29. The van der Waals surface area contributed by atoms with Crippen LogP contribution in [0.4, 0.5) is 0 Å². The highest BCUT2D eigenvalue weighted by Crippen LogP contribution is 2.40. The number of carbonyl (C=O) groups is 2. The number of aryl methyl sites for hydroxylation is 1. The van der Waals surface area contributed by atoms with Crippen molar-refractivity contribution < 1.29 is 23.8 Å². The van der Waals surface area contributed by atoms with Crippen LogP contribution < -0.4 is 4.74 Å². The molecule has 0 aliphatic carbocycles. The number of nitrogens with zero attached hydrogens (tertiary/aromatic N) is 2. The summed E-state index contributed by atoms with van der Waals surface area (Å²) in [5, 5.41) is 11.2. The van der Waals surface area contributed by atoms with Gasteiger partial charge < -0.3 is 19.2 Å². The van der Waals surface area contributed by atoms with Crippen LogP contribution in [0.25, 0.3) is 5.76 Å². The van der Waals surface area contributed by atoms with Crippen LogP contribution in [0.5, 0.6) is 5.75 Å². The van der Waals surface area contributed by atoms with Gasteiger partial charge >= 0.3 is 0 Å². The van der Waals surface area contributed by atoms with Gasteiger partial charge in [-0.25, -0.2) is 0 Å². The zero-order chi connectivity index (χ0) is 25.1. The molecule has 4 aromatic rings. The van der Waals surface area contributed by atoms with Crippen molar-refractivity contribution in [1.29, 1.82) is 0 Å². The minimum absolute atomic E-state index is 0.0198. The summed E-state index contributed by atoms with van der Waals surface area (Å²) in [5.41, 5.74) is 3.32. The third-order valence-electron chi connectivity index (χ3n) is 6.25. The zero-order valence-electron chi connectivity index (χ0n) is 19.6. The number of likely N-dealkylation sites (tertiary alicyclic amines) is 1. The van der Waals surface area contributed by atoms with Gasteiger partial charge in [0.25, 0.3) is 11.7 Å². The van der Waals surface area contributed by atoms with E-state index in [0.717, 1.165) is 11.1 Å². The van der Waals surface area contributed by atoms with Crippen molar-refractivity contribution in [2.45, 2.75) is 26.1 Å². The standard InChI is InChI=1S/C29H24N2O5/c1-19-5-2-3-6-22(19)18-36-23-10-8-21(9-11-23)27(32)25-26(20-12-14-30-15-13-20)31(29(34)28(25)33)17-24-7-4-16-35-24/h2-16,26,32H,17-18H2,1H3/b27-25-. The van der Waals surface area contributed by atoms with Crippen molar-refractivity contribution >= 4 is 17.4 Å². The molecule has 2 aromatic heterocycles. The zero-order valence-corrected chi connectivity index (χ0v) is 19.6. The number of carbonyl (C=O) groups excluding carboxylic acids is 2. The largest absolute Gasteiger partial charge is 0.507 e. The van der Waals surface area contributed by atoms with Gasteiger partial charge in [-0.05, 0) is 72.1 Å². The molecule has 5 rings (SSSR count). The third-order valence-corrected chi connectivity index (χ3v) is 6.25. The fraction of sp³-hybridized carbons (Fsp3) is 0.138. The Morgan fingerprint density at radius 2 is 1.75 bits per heavy atom. The van der Waals surface area contributed by atoms with E-state index in [-0.39, 0.29) is 17.9 Å². The Hall–Kier alpha value is -4.65. The lowest BCUT2D eigenvalue weighted by atomic mass is 9.96. The molecule has 1 atom stereocenters. The number of aliphatic hydroxyl groups excluding tert-OH is 1. The van der Waals surface area contributed by atoms with Gasteiger partial charge in [0.2, 0.25) is 0 Å². The normalized spacial score (nSPS) is 16.9. The van der Waals surface area contributed by atoms with E-state index < -0.39 is 17.7 Å². The molecule has 0 saturated carbocycles. The topological polar surface area (TPSA) is 92.9 Å². The van der Waals surface area contributed by atoms with Crippen LogP contribution in [0.2, 0.25) is 0 Å². The molecule has 0 spiro atoms. The number of benzene rings is 2. The molecule has 1 amide bonds. The molecule has 0 radical (unpaired) electrons. The van der Waals surface area contributed by atoms with Gasteiger partial charge in [-0.3, -0.25) is 14.6 Å². The highest BCUT2D eigenvalue weighted by Gasteiger charge is 2.46. The highest BCUT2D eigenvalue weighted by atomic mass is 16.5. The van der Waals surface area contributed by atoms with Crippen LogP contribution in [-0.2, 0) is 22.7 Å². The Morgan fingerprint density at radius 1 is 1.00 bits per heavy atom. The van der Waals surface area contributed by atoms with Crippen LogP contribution in [0.1, 0.15) is 34.1 Å². The van der Waals surface area contributed by atoms with Gasteiger partial charge in [-0.1, -0.05) is 24.3 Å². The predicted octanol–water partition coefficient (Wildman–Crippen LogP) is 5.18. The van der Waals surface area contributed by atoms with Gasteiger partial charge in [0, 0.05) is 18.0 Å². The van der Waals surface area contributed by atoms with Crippen LogP contribution in [0.15, 0.2) is 101 Å². The summed E-state index contributed by atoms with van der Waals surface area (Å²) >= 11 is 0. The lowest BCUT2D eigenvalue weighted by Gasteiger charge is -2.24. The summed E-state index contributed by atoms with van der Waals surface area (Å²) < 4.78 is 11.3. The average Bonchev–Trinajstić information content (AvgIpc) is 3.51. The quantitative estimate of drug-likeness (QED) is 0.222. The molecule has 7 nitrogen and oxygen atoms in total. The fourth-order valence-electron chi connectivity index (χ4n) is 4.30. The van der Waals surface area contributed by atoms with Crippen molar-refractivity contribution in [2.75, 3.05) is 0 Å². The maximum absolute atomic E-state index is 13.1. The van der Waals surface area contributed by atoms with Gasteiger partial charge in [-0.15, -0.1) is 0 Å². The number of hydrogen-bond donors (Lipinski definition) is 1. The second-order valence-corrected chi connectivity index (χ2v) is 8.53. The number of aromatic nitrogens is 1. The lowest BCUT2D eigenvalue weighted by molar-refractivity contribution is -0.140. The first-order valence-electron chi connectivity index (χ1n) is 11.5. The number of furan rings is 1. The van der Waals surface area contributed by atoms with Crippen molar-refractivity contribution in [3.8, 4) is 5.75 Å². The van der Waals surface area contributed by atoms with Gasteiger partial charge in [0.1, 0.15) is 23.9 Å². The summed E-state index contributed by atoms with van der Waals surface area (Å²) in [7, 11) is 0. The molecule has 0 bridgehead atoms. The number of aliphatic hydroxyl groups is 1. The molecule has 3 heterocycles. The SMILES string of the molecule is Cc1ccccc1COc1ccc(/C(O)=C2/C(=O)C(=O)N(Cc3ccco3)C2c2ccncc2)cc1. The molecular weight excluding hydrogens is 456 g/mol. The Morgan fingerprint density at radius 3 is 2.44 bits per heavy atom. The number of Topliss-reactive ketones (excluding diaryl/α,β-unsaturated/α-hetero) is 1. The Balaban J connectivity index is 1.46. The summed E-state index contributed by atoms with van der Waals surface area (Å²) in [4.78, 5) is 31.6. The van der Waals surface area contributed by atoms with E-state index in [2.05, 4.69) is 4.98 Å². The van der Waals surface area contributed by atoms with Crippen LogP contribution in [-0.4, -0.2) is 26.7 Å². The molecule has 1 aliphatic heterocycles. The maximum Gasteiger partial charge on any atom is 0.296 e. The number of ether oxygens (including phenoxy) is 1. The number of amides is 1. The van der Waals surface area contributed by atoms with Crippen LogP contribution >= 0.6 is 0 Å². The second kappa shape index (κ2) is 9.92. The molecule has 7 heteroatoms. The van der Waals surface area contributed by atoms with E-state index in [4.69, 9.17) is 9.15 Å². The van der Waals surface area contributed by atoms with E-state index in [0.29, 0.717) is 29.2 Å². The molecule has 180 valence electrons. The highest BCUT2D eigenvalue weighted by molar-refractivity contribution is 6.46. The molecule has 36 heavy (non-hydrogen) atoms. The minimum Gasteiger partial charge on any atom is -0.507 e. The van der Waals surface area contributed by atoms with Crippen molar-refractivity contribution in [2.24, 2.45) is 0 Å². The molecule has 1 fully saturated rings. The van der Waals surface area contributed by atoms with Crippen molar-refractivity contribution in [1.82, 2.24) is 9.88 Å². The first kappa shape index (κ1) is 23.1. The van der Waals surface area contributed by atoms with Gasteiger partial charge in [0.15, 0.2) is 0 Å². The smallest absolute Gasteiger partial charge is 0.296 e. The summed E-state index contributed by atoms with van der Waals surface area (Å²) in [6, 6.07) is 20.9. The maximum atomic E-state index is 13.1. The van der Waals surface area contributed by atoms with Crippen molar-refractivity contribution in [3.63, 3.8) is 0 Å². The molecule has 1 unspecified atom stereocenters. The second-order valence-electron chi connectivity index (χ2n) is 8.53. The minimum atomic E-state index is -0.782. The fourth-order valence-corrected chi connectivity index (χ4v) is 4.30. The Bertz CT molecular complexity index is 1410. The summed E-state index contributed by atoms with van der Waals surface area (Å²) in [6.45, 7) is 2.53. The number of hydrogen-bond acceptors (Lipinski definition) is 6. The monoisotopic (exact) mass is 480 g/mol. The van der Waals surface area contributed by atoms with E-state index in [9.17, 15) is 14.7 Å². The first-order chi connectivity index (χ1) is 17.5. The molecular formula is C29H24N2O5. The first-order valence-corrected chi connectivity index (χ1v) is 11.5. The molecule has 1 N–H and O–H groups in total. The Kier molecular flexibility index (Phi) is 6.36. The summed E-state index contributed by atoms with van der Waals surface area (Å²) in [5.74, 6) is -0.541. The number of pyridine rings is 1. The van der Waals surface area contributed by atoms with E-state index >= 15 is 0 Å². The van der Waals surface area contributed by atoms with Gasteiger partial charge in [0.05, 0.1) is 24.4 Å². The van der Waals surface area contributed by atoms with E-state index in [1.54, 1.807) is 60.9 Å². The van der Waals surface area contributed by atoms with Gasteiger partial charge in [-0.2, -0.15) is 0 Å². The third kappa shape index (κ3) is 4.51. The molecule has 1 saturated heterocycles. The van der Waals surface area contributed by atoms with E-state index in [1.165, 1.54) is 11.2 Å². The van der Waals surface area contributed by atoms with Crippen LogP contribution in [0.3, 0.4) is 0 Å². The number of rotatable bonds is 7.